The van der Waals surface area contributed by atoms with E-state index in [1.165, 1.54) is 0 Å². The molecule has 2 rings (SSSR count). The molecule has 106 valence electrons. The third kappa shape index (κ3) is 3.58. The topological polar surface area (TPSA) is 30.5 Å². The largest absolute Gasteiger partial charge is 0.497 e. The van der Waals surface area contributed by atoms with E-state index in [0.717, 1.165) is 21.5 Å². The van der Waals surface area contributed by atoms with Crippen LogP contribution in [0.2, 0.25) is 5.02 Å². The number of nitrogens with one attached hydrogen (secondary N) is 1. The quantitative estimate of drug-likeness (QED) is 0.840. The lowest BCUT2D eigenvalue weighted by Gasteiger charge is -2.11. The summed E-state index contributed by atoms with van der Waals surface area (Å²) < 4.78 is 11.3. The van der Waals surface area contributed by atoms with E-state index in [0.29, 0.717) is 17.3 Å². The number of anilines is 1. The minimum absolute atomic E-state index is 0.608. The van der Waals surface area contributed by atoms with E-state index in [4.69, 9.17) is 21.1 Å². The molecule has 0 spiro atoms. The first-order chi connectivity index (χ1) is 9.63. The molecular weight excluding hydrogens is 342 g/mol. The number of halogens is 2. The van der Waals surface area contributed by atoms with Gasteiger partial charge in [0.25, 0.3) is 0 Å². The molecule has 1 N–H and O–H groups in total. The Balaban J connectivity index is 2.10. The third-order valence-corrected chi connectivity index (χ3v) is 3.86. The fourth-order valence-electron chi connectivity index (χ4n) is 1.78. The van der Waals surface area contributed by atoms with Gasteiger partial charge in [0.1, 0.15) is 11.5 Å². The van der Waals surface area contributed by atoms with Gasteiger partial charge >= 0.3 is 0 Å². The van der Waals surface area contributed by atoms with Gasteiger partial charge in [-0.3, -0.25) is 0 Å². The highest BCUT2D eigenvalue weighted by atomic mass is 79.9. The van der Waals surface area contributed by atoms with E-state index >= 15 is 0 Å². The first kappa shape index (κ1) is 15.0. The Morgan fingerprint density at radius 1 is 1.10 bits per heavy atom. The number of methoxy groups -OCH3 is 2. The van der Waals surface area contributed by atoms with E-state index in [2.05, 4.69) is 21.2 Å². The standard InChI is InChI=1S/C15H15BrClNO2/c1-19-11-4-5-12(16)14(8-11)18-9-10-3-6-15(20-2)13(17)7-10/h3-8,18H,9H2,1-2H3. The minimum Gasteiger partial charge on any atom is -0.497 e. The Bertz CT molecular complexity index is 604. The maximum Gasteiger partial charge on any atom is 0.137 e. The van der Waals surface area contributed by atoms with Crippen molar-refractivity contribution in [3.05, 3.63) is 51.5 Å². The first-order valence-corrected chi connectivity index (χ1v) is 7.21. The molecule has 0 heterocycles. The van der Waals surface area contributed by atoms with Crippen LogP contribution in [-0.4, -0.2) is 14.2 Å². The van der Waals surface area contributed by atoms with Crippen molar-refractivity contribution in [1.29, 1.82) is 0 Å². The monoisotopic (exact) mass is 355 g/mol. The molecule has 0 unspecified atom stereocenters. The van der Waals surface area contributed by atoms with Gasteiger partial charge in [-0.25, -0.2) is 0 Å². The van der Waals surface area contributed by atoms with E-state index in [-0.39, 0.29) is 0 Å². The van der Waals surface area contributed by atoms with Crippen LogP contribution in [0.15, 0.2) is 40.9 Å². The molecule has 0 bridgehead atoms. The fourth-order valence-corrected chi connectivity index (χ4v) is 2.45. The van der Waals surface area contributed by atoms with Crippen LogP contribution < -0.4 is 14.8 Å². The lowest BCUT2D eigenvalue weighted by molar-refractivity contribution is 0.415. The zero-order valence-electron chi connectivity index (χ0n) is 11.2. The van der Waals surface area contributed by atoms with E-state index in [9.17, 15) is 0 Å². The summed E-state index contributed by atoms with van der Waals surface area (Å²) in [5, 5.41) is 3.95. The van der Waals surface area contributed by atoms with E-state index < -0.39 is 0 Å². The highest BCUT2D eigenvalue weighted by molar-refractivity contribution is 9.10. The smallest absolute Gasteiger partial charge is 0.137 e. The summed E-state index contributed by atoms with van der Waals surface area (Å²) >= 11 is 9.61. The number of rotatable bonds is 5. The molecule has 0 fully saturated rings. The zero-order valence-corrected chi connectivity index (χ0v) is 13.6. The molecule has 2 aromatic carbocycles. The van der Waals surface area contributed by atoms with Crippen molar-refractivity contribution in [3.63, 3.8) is 0 Å². The maximum atomic E-state index is 6.11. The molecule has 2 aromatic rings. The Hall–Kier alpha value is -1.39. The van der Waals surface area contributed by atoms with Crippen LogP contribution in [0, 0.1) is 0 Å². The summed E-state index contributed by atoms with van der Waals surface area (Å²) in [5.74, 6) is 1.49. The van der Waals surface area contributed by atoms with Crippen molar-refractivity contribution in [1.82, 2.24) is 0 Å². The van der Waals surface area contributed by atoms with Gasteiger partial charge in [0, 0.05) is 17.1 Å². The lowest BCUT2D eigenvalue weighted by atomic mass is 10.2. The minimum atomic E-state index is 0.608. The lowest BCUT2D eigenvalue weighted by Crippen LogP contribution is -2.00. The molecule has 0 radical (unpaired) electrons. The highest BCUT2D eigenvalue weighted by Gasteiger charge is 2.04. The van der Waals surface area contributed by atoms with Crippen LogP contribution in [0.5, 0.6) is 11.5 Å². The fraction of sp³-hybridized carbons (Fsp3) is 0.200. The third-order valence-electron chi connectivity index (χ3n) is 2.87. The van der Waals surface area contributed by atoms with Crippen LogP contribution in [0.1, 0.15) is 5.56 Å². The maximum absolute atomic E-state index is 6.11. The predicted molar refractivity (Wildman–Crippen MR) is 86.0 cm³/mol. The molecule has 0 aliphatic carbocycles. The second-order valence-corrected chi connectivity index (χ2v) is 5.43. The van der Waals surface area contributed by atoms with Crippen molar-refractivity contribution >= 4 is 33.2 Å². The predicted octanol–water partition coefficient (Wildman–Crippen LogP) is 4.73. The van der Waals surface area contributed by atoms with Crippen LogP contribution in [0.4, 0.5) is 5.69 Å². The zero-order chi connectivity index (χ0) is 14.5. The SMILES string of the molecule is COc1ccc(Br)c(NCc2ccc(OC)c(Cl)c2)c1. The highest BCUT2D eigenvalue weighted by Crippen LogP contribution is 2.29. The van der Waals surface area contributed by atoms with Crippen LogP contribution in [0.25, 0.3) is 0 Å². The molecule has 3 nitrogen and oxygen atoms in total. The summed E-state index contributed by atoms with van der Waals surface area (Å²) in [6.45, 7) is 0.662. The molecule has 0 aliphatic rings. The van der Waals surface area contributed by atoms with Crippen LogP contribution in [0.3, 0.4) is 0 Å². The molecular formula is C15H15BrClNO2. The van der Waals surface area contributed by atoms with Gasteiger partial charge in [-0.2, -0.15) is 0 Å². The molecule has 20 heavy (non-hydrogen) atoms. The molecule has 0 saturated heterocycles. The number of hydrogen-bond donors (Lipinski definition) is 1. The summed E-state index contributed by atoms with van der Waals surface area (Å²) in [6.07, 6.45) is 0. The Morgan fingerprint density at radius 3 is 2.55 bits per heavy atom. The molecule has 0 aliphatic heterocycles. The second kappa shape index (κ2) is 6.86. The molecule has 0 aromatic heterocycles. The Kier molecular flexibility index (Phi) is 5.15. The molecule has 0 amide bonds. The van der Waals surface area contributed by atoms with Crippen LogP contribution in [-0.2, 0) is 6.54 Å². The van der Waals surface area contributed by atoms with Crippen molar-refractivity contribution in [2.75, 3.05) is 19.5 Å². The average molecular weight is 357 g/mol. The molecule has 0 saturated carbocycles. The van der Waals surface area contributed by atoms with Gasteiger partial charge in [0.2, 0.25) is 0 Å². The summed E-state index contributed by atoms with van der Waals surface area (Å²) in [5.41, 5.74) is 2.04. The normalized spacial score (nSPS) is 10.2. The molecule has 5 heteroatoms. The Labute approximate surface area is 132 Å². The molecule has 0 atom stereocenters. The van der Waals surface area contributed by atoms with Gasteiger partial charge in [-0.1, -0.05) is 17.7 Å². The van der Waals surface area contributed by atoms with Crippen molar-refractivity contribution in [2.45, 2.75) is 6.54 Å². The van der Waals surface area contributed by atoms with Crippen molar-refractivity contribution in [2.24, 2.45) is 0 Å². The number of ether oxygens (including phenoxy) is 2. The van der Waals surface area contributed by atoms with Gasteiger partial charge in [-0.15, -0.1) is 0 Å². The van der Waals surface area contributed by atoms with E-state index in [1.807, 2.05) is 36.4 Å². The van der Waals surface area contributed by atoms with Gasteiger partial charge in [0.05, 0.1) is 24.9 Å². The van der Waals surface area contributed by atoms with Crippen molar-refractivity contribution < 1.29 is 9.47 Å². The summed E-state index contributed by atoms with van der Waals surface area (Å²) in [4.78, 5) is 0. The summed E-state index contributed by atoms with van der Waals surface area (Å²) in [7, 11) is 3.25. The van der Waals surface area contributed by atoms with Crippen molar-refractivity contribution in [3.8, 4) is 11.5 Å². The Morgan fingerprint density at radius 2 is 1.90 bits per heavy atom. The summed E-state index contributed by atoms with van der Waals surface area (Å²) in [6, 6.07) is 11.5. The van der Waals surface area contributed by atoms with Crippen LogP contribution >= 0.6 is 27.5 Å². The van der Waals surface area contributed by atoms with Gasteiger partial charge < -0.3 is 14.8 Å². The second-order valence-electron chi connectivity index (χ2n) is 4.17. The number of hydrogen-bond acceptors (Lipinski definition) is 3. The number of benzene rings is 2. The average Bonchev–Trinajstić information content (AvgIpc) is 2.46. The van der Waals surface area contributed by atoms with E-state index in [1.54, 1.807) is 14.2 Å². The van der Waals surface area contributed by atoms with Gasteiger partial charge in [0.15, 0.2) is 0 Å². The first-order valence-electron chi connectivity index (χ1n) is 6.04. The van der Waals surface area contributed by atoms with Gasteiger partial charge in [-0.05, 0) is 45.8 Å².